The number of nitrogens with zero attached hydrogens (tertiary/aromatic N) is 1. The van der Waals surface area contributed by atoms with Gasteiger partial charge in [0.25, 0.3) is 0 Å². The summed E-state index contributed by atoms with van der Waals surface area (Å²) in [6, 6.07) is 13.3. The van der Waals surface area contributed by atoms with Gasteiger partial charge in [0, 0.05) is 17.1 Å². The zero-order valence-electron chi connectivity index (χ0n) is 18.4. The predicted octanol–water partition coefficient (Wildman–Crippen LogP) is 5.72. The molecule has 0 unspecified atom stereocenters. The highest BCUT2D eigenvalue weighted by molar-refractivity contribution is 7.13. The molecule has 1 aromatic heterocycles. The largest absolute Gasteiger partial charge is 0.493 e. The van der Waals surface area contributed by atoms with Gasteiger partial charge in [-0.25, -0.2) is 4.98 Å². The van der Waals surface area contributed by atoms with Crippen molar-refractivity contribution in [2.24, 2.45) is 0 Å². The molecule has 168 valence electrons. The Hall–Kier alpha value is -3.06. The number of ether oxygens (including phenoxy) is 3. The summed E-state index contributed by atoms with van der Waals surface area (Å²) in [5.41, 5.74) is 2.35. The maximum Gasteiger partial charge on any atom is 0.230 e. The van der Waals surface area contributed by atoms with Gasteiger partial charge in [0.1, 0.15) is 10.8 Å². The van der Waals surface area contributed by atoms with E-state index in [2.05, 4.69) is 10.3 Å². The number of carbonyl (C=O) groups is 1. The third kappa shape index (κ3) is 5.40. The molecule has 2 aromatic carbocycles. The summed E-state index contributed by atoms with van der Waals surface area (Å²) >= 11 is 1.51. The number of carbonyl (C=O) groups excluding carboxylic acids is 1. The smallest absolute Gasteiger partial charge is 0.230 e. The highest BCUT2D eigenvalue weighted by atomic mass is 32.1. The van der Waals surface area contributed by atoms with Crippen LogP contribution in [0, 0.1) is 0 Å². The number of thiazole rings is 1. The summed E-state index contributed by atoms with van der Waals surface area (Å²) in [6.45, 7) is 2.55. The Balaban J connectivity index is 1.42. The van der Waals surface area contributed by atoms with Crippen molar-refractivity contribution in [2.75, 3.05) is 19.0 Å². The molecule has 0 bridgehead atoms. The van der Waals surface area contributed by atoms with E-state index in [1.165, 1.54) is 24.2 Å². The van der Waals surface area contributed by atoms with Crippen molar-refractivity contribution >= 4 is 22.9 Å². The SMILES string of the molecule is CCOc1ccccc1-c1nc(CC(=O)Nc2ccc(OC)c(OC3CCCC3)c2)cs1. The number of benzene rings is 2. The second kappa shape index (κ2) is 10.5. The molecule has 0 saturated heterocycles. The third-order valence-corrected chi connectivity index (χ3v) is 6.28. The molecule has 1 saturated carbocycles. The lowest BCUT2D eigenvalue weighted by Gasteiger charge is -2.17. The first-order valence-electron chi connectivity index (χ1n) is 11.0. The summed E-state index contributed by atoms with van der Waals surface area (Å²) in [6.07, 6.45) is 4.89. The molecule has 0 atom stereocenters. The fourth-order valence-corrected chi connectivity index (χ4v) is 4.69. The summed E-state index contributed by atoms with van der Waals surface area (Å²) in [4.78, 5) is 17.3. The van der Waals surface area contributed by atoms with Gasteiger partial charge in [0.2, 0.25) is 5.91 Å². The maximum absolute atomic E-state index is 12.7. The Morgan fingerprint density at radius 3 is 2.72 bits per heavy atom. The van der Waals surface area contributed by atoms with Gasteiger partial charge in [0.15, 0.2) is 11.5 Å². The van der Waals surface area contributed by atoms with Gasteiger partial charge in [-0.05, 0) is 56.9 Å². The fourth-order valence-electron chi connectivity index (χ4n) is 3.84. The first-order valence-corrected chi connectivity index (χ1v) is 11.9. The van der Waals surface area contributed by atoms with Gasteiger partial charge in [-0.1, -0.05) is 12.1 Å². The van der Waals surface area contributed by atoms with E-state index >= 15 is 0 Å². The second-order valence-corrected chi connectivity index (χ2v) is 8.55. The number of para-hydroxylation sites is 1. The quantitative estimate of drug-likeness (QED) is 0.450. The van der Waals surface area contributed by atoms with Gasteiger partial charge in [-0.15, -0.1) is 11.3 Å². The van der Waals surface area contributed by atoms with Crippen LogP contribution < -0.4 is 19.5 Å². The lowest BCUT2D eigenvalue weighted by atomic mass is 10.2. The van der Waals surface area contributed by atoms with Crippen molar-refractivity contribution < 1.29 is 19.0 Å². The minimum absolute atomic E-state index is 0.128. The number of methoxy groups -OCH3 is 1. The first-order chi connectivity index (χ1) is 15.7. The van der Waals surface area contributed by atoms with Crippen LogP contribution in [-0.2, 0) is 11.2 Å². The number of rotatable bonds is 9. The molecule has 32 heavy (non-hydrogen) atoms. The Morgan fingerprint density at radius 1 is 1.12 bits per heavy atom. The molecule has 0 radical (unpaired) electrons. The van der Waals surface area contributed by atoms with Gasteiger partial charge in [-0.2, -0.15) is 0 Å². The van der Waals surface area contributed by atoms with E-state index in [0.717, 1.165) is 34.9 Å². The molecular weight excluding hydrogens is 424 g/mol. The number of hydrogen-bond acceptors (Lipinski definition) is 6. The molecule has 1 aliphatic rings. The molecule has 4 rings (SSSR count). The Bertz CT molecular complexity index is 1060. The first kappa shape index (κ1) is 22.1. The molecule has 1 fully saturated rings. The average Bonchev–Trinajstić information content (AvgIpc) is 3.47. The third-order valence-electron chi connectivity index (χ3n) is 5.35. The molecule has 0 spiro atoms. The summed E-state index contributed by atoms with van der Waals surface area (Å²) in [7, 11) is 1.62. The van der Waals surface area contributed by atoms with E-state index < -0.39 is 0 Å². The van der Waals surface area contributed by atoms with Gasteiger partial charge in [0.05, 0.1) is 37.5 Å². The minimum atomic E-state index is -0.128. The molecule has 1 heterocycles. The molecule has 1 N–H and O–H groups in total. The van der Waals surface area contributed by atoms with Gasteiger partial charge in [-0.3, -0.25) is 4.79 Å². The van der Waals surface area contributed by atoms with E-state index in [0.29, 0.717) is 23.8 Å². The average molecular weight is 453 g/mol. The Morgan fingerprint density at radius 2 is 1.94 bits per heavy atom. The zero-order chi connectivity index (χ0) is 22.3. The molecule has 6 nitrogen and oxygen atoms in total. The lowest BCUT2D eigenvalue weighted by Crippen LogP contribution is -2.15. The maximum atomic E-state index is 12.7. The molecular formula is C25H28N2O4S. The predicted molar refractivity (Wildman–Crippen MR) is 127 cm³/mol. The lowest BCUT2D eigenvalue weighted by molar-refractivity contribution is -0.115. The normalized spacial score (nSPS) is 13.7. The van der Waals surface area contributed by atoms with Crippen molar-refractivity contribution in [3.8, 4) is 27.8 Å². The molecule has 3 aromatic rings. The van der Waals surface area contributed by atoms with Crippen LogP contribution in [0.3, 0.4) is 0 Å². The van der Waals surface area contributed by atoms with Crippen molar-refractivity contribution in [1.82, 2.24) is 4.98 Å². The highest BCUT2D eigenvalue weighted by Gasteiger charge is 2.19. The van der Waals surface area contributed by atoms with Crippen LogP contribution in [0.1, 0.15) is 38.3 Å². The number of nitrogens with one attached hydrogen (secondary N) is 1. The van der Waals surface area contributed by atoms with Crippen LogP contribution in [0.4, 0.5) is 5.69 Å². The van der Waals surface area contributed by atoms with E-state index in [-0.39, 0.29) is 18.4 Å². The van der Waals surface area contributed by atoms with Crippen molar-refractivity contribution in [3.63, 3.8) is 0 Å². The second-order valence-electron chi connectivity index (χ2n) is 7.69. The van der Waals surface area contributed by atoms with Crippen molar-refractivity contribution in [2.45, 2.75) is 45.1 Å². The summed E-state index contributed by atoms with van der Waals surface area (Å²) < 4.78 is 17.3. The van der Waals surface area contributed by atoms with Crippen LogP contribution in [0.2, 0.25) is 0 Å². The topological polar surface area (TPSA) is 69.7 Å². The van der Waals surface area contributed by atoms with Crippen LogP contribution >= 0.6 is 11.3 Å². The Labute approximate surface area is 192 Å². The van der Waals surface area contributed by atoms with Crippen LogP contribution in [0.15, 0.2) is 47.8 Å². The highest BCUT2D eigenvalue weighted by Crippen LogP contribution is 2.34. The van der Waals surface area contributed by atoms with E-state index in [1.54, 1.807) is 7.11 Å². The monoisotopic (exact) mass is 452 g/mol. The molecule has 7 heteroatoms. The van der Waals surface area contributed by atoms with E-state index in [4.69, 9.17) is 14.2 Å². The van der Waals surface area contributed by atoms with Crippen LogP contribution in [0.25, 0.3) is 10.6 Å². The standard InChI is InChI=1S/C25H28N2O4S/c1-3-30-21-11-7-6-10-20(21)25-27-18(16-32-25)15-24(28)26-17-12-13-22(29-2)23(14-17)31-19-8-4-5-9-19/h6-7,10-14,16,19H,3-5,8-9,15H2,1-2H3,(H,26,28). The van der Waals surface area contributed by atoms with Crippen LogP contribution in [0.5, 0.6) is 17.2 Å². The van der Waals surface area contributed by atoms with Crippen molar-refractivity contribution in [3.05, 3.63) is 53.5 Å². The number of aromatic nitrogens is 1. The summed E-state index contributed by atoms with van der Waals surface area (Å²) in [5.74, 6) is 2.01. The van der Waals surface area contributed by atoms with Gasteiger partial charge < -0.3 is 19.5 Å². The molecule has 0 aliphatic heterocycles. The number of anilines is 1. The van der Waals surface area contributed by atoms with E-state index in [9.17, 15) is 4.79 Å². The Kier molecular flexibility index (Phi) is 7.27. The number of hydrogen-bond donors (Lipinski definition) is 1. The van der Waals surface area contributed by atoms with E-state index in [1.807, 2.05) is 54.8 Å². The summed E-state index contributed by atoms with van der Waals surface area (Å²) in [5, 5.41) is 5.71. The number of amides is 1. The van der Waals surface area contributed by atoms with Gasteiger partial charge >= 0.3 is 0 Å². The molecule has 1 aliphatic carbocycles. The molecule has 1 amide bonds. The van der Waals surface area contributed by atoms with Crippen LogP contribution in [-0.4, -0.2) is 30.7 Å². The fraction of sp³-hybridized carbons (Fsp3) is 0.360. The van der Waals surface area contributed by atoms with Crippen molar-refractivity contribution in [1.29, 1.82) is 0 Å². The zero-order valence-corrected chi connectivity index (χ0v) is 19.2. The minimum Gasteiger partial charge on any atom is -0.493 e.